The SMILES string of the molecule is CC[C@@H]1C(NC(=O)c2ccccc2)=NO[C@@H]1c1ccccc1. The fraction of sp³-hybridized carbons (Fsp3) is 0.222. The van der Waals surface area contributed by atoms with Gasteiger partial charge in [0.25, 0.3) is 5.91 Å². The second kappa shape index (κ2) is 6.43. The first-order valence-electron chi connectivity index (χ1n) is 7.44. The molecule has 0 saturated heterocycles. The van der Waals surface area contributed by atoms with Crippen LogP contribution < -0.4 is 5.32 Å². The Morgan fingerprint density at radius 1 is 1.09 bits per heavy atom. The molecule has 4 heteroatoms. The monoisotopic (exact) mass is 294 g/mol. The molecular formula is C18H18N2O2. The van der Waals surface area contributed by atoms with Gasteiger partial charge in [-0.1, -0.05) is 60.6 Å². The topological polar surface area (TPSA) is 50.7 Å². The minimum Gasteiger partial charge on any atom is -0.385 e. The van der Waals surface area contributed by atoms with E-state index in [1.165, 1.54) is 0 Å². The van der Waals surface area contributed by atoms with Crippen molar-refractivity contribution in [3.63, 3.8) is 0 Å². The molecule has 3 rings (SSSR count). The van der Waals surface area contributed by atoms with Crippen molar-refractivity contribution in [2.24, 2.45) is 11.1 Å². The number of carbonyl (C=O) groups is 1. The first-order chi connectivity index (χ1) is 10.8. The van der Waals surface area contributed by atoms with Crippen LogP contribution in [0.5, 0.6) is 0 Å². The van der Waals surface area contributed by atoms with Crippen LogP contribution in [-0.4, -0.2) is 11.7 Å². The van der Waals surface area contributed by atoms with Crippen LogP contribution in [0.4, 0.5) is 0 Å². The number of nitrogens with zero attached hydrogens (tertiary/aromatic N) is 1. The predicted octanol–water partition coefficient (Wildman–Crippen LogP) is 3.53. The number of oxime groups is 1. The Balaban J connectivity index is 1.74. The maximum atomic E-state index is 12.3. The van der Waals surface area contributed by atoms with Crippen molar-refractivity contribution in [3.8, 4) is 0 Å². The van der Waals surface area contributed by atoms with E-state index < -0.39 is 0 Å². The van der Waals surface area contributed by atoms with E-state index in [-0.39, 0.29) is 17.9 Å². The molecule has 0 unspecified atom stereocenters. The lowest BCUT2D eigenvalue weighted by molar-refractivity contribution is 0.0605. The smallest absolute Gasteiger partial charge is 0.256 e. The van der Waals surface area contributed by atoms with E-state index in [0.29, 0.717) is 11.4 Å². The van der Waals surface area contributed by atoms with Gasteiger partial charge in [-0.2, -0.15) is 0 Å². The maximum Gasteiger partial charge on any atom is 0.256 e. The van der Waals surface area contributed by atoms with E-state index in [1.807, 2.05) is 48.5 Å². The molecule has 0 aliphatic carbocycles. The molecule has 0 fully saturated rings. The highest BCUT2D eigenvalue weighted by molar-refractivity contribution is 6.07. The Kier molecular flexibility index (Phi) is 4.19. The van der Waals surface area contributed by atoms with E-state index in [9.17, 15) is 4.79 Å². The standard InChI is InChI=1S/C18H18N2O2/c1-2-15-16(13-9-5-3-6-10-13)22-20-17(15)19-18(21)14-11-7-4-8-12-14/h3-12,15-16H,2H2,1H3,(H,19,20,21)/t15-,16+/m0/s1. The van der Waals surface area contributed by atoms with Crippen LogP contribution >= 0.6 is 0 Å². The highest BCUT2D eigenvalue weighted by Crippen LogP contribution is 2.34. The lowest BCUT2D eigenvalue weighted by Gasteiger charge is -2.17. The quantitative estimate of drug-likeness (QED) is 0.941. The summed E-state index contributed by atoms with van der Waals surface area (Å²) in [6, 6.07) is 19.1. The summed E-state index contributed by atoms with van der Waals surface area (Å²) in [7, 11) is 0. The second-order valence-electron chi connectivity index (χ2n) is 5.25. The van der Waals surface area contributed by atoms with Crippen molar-refractivity contribution in [3.05, 3.63) is 71.8 Å². The summed E-state index contributed by atoms with van der Waals surface area (Å²) in [6.07, 6.45) is 0.699. The van der Waals surface area contributed by atoms with Crippen molar-refractivity contribution in [1.29, 1.82) is 0 Å². The van der Waals surface area contributed by atoms with Crippen molar-refractivity contribution in [2.45, 2.75) is 19.4 Å². The molecule has 4 nitrogen and oxygen atoms in total. The van der Waals surface area contributed by atoms with E-state index in [0.717, 1.165) is 12.0 Å². The summed E-state index contributed by atoms with van der Waals surface area (Å²) in [5, 5.41) is 6.98. The van der Waals surface area contributed by atoms with Gasteiger partial charge in [0, 0.05) is 5.56 Å². The normalized spacial score (nSPS) is 20.1. The van der Waals surface area contributed by atoms with Gasteiger partial charge in [0.15, 0.2) is 11.9 Å². The molecule has 0 bridgehead atoms. The molecule has 2 atom stereocenters. The van der Waals surface area contributed by atoms with Crippen LogP contribution in [-0.2, 0) is 4.84 Å². The van der Waals surface area contributed by atoms with E-state index in [2.05, 4.69) is 17.4 Å². The Labute approximate surface area is 129 Å². The molecule has 1 aliphatic heterocycles. The second-order valence-corrected chi connectivity index (χ2v) is 5.25. The molecule has 1 amide bonds. The van der Waals surface area contributed by atoms with Gasteiger partial charge in [-0.15, -0.1) is 0 Å². The summed E-state index contributed by atoms with van der Waals surface area (Å²) in [5.74, 6) is 0.496. The first kappa shape index (κ1) is 14.3. The Morgan fingerprint density at radius 2 is 1.73 bits per heavy atom. The fourth-order valence-corrected chi connectivity index (χ4v) is 2.63. The molecule has 0 radical (unpaired) electrons. The molecular weight excluding hydrogens is 276 g/mol. The van der Waals surface area contributed by atoms with Gasteiger partial charge >= 0.3 is 0 Å². The predicted molar refractivity (Wildman–Crippen MR) is 85.4 cm³/mol. The fourth-order valence-electron chi connectivity index (χ4n) is 2.63. The zero-order valence-electron chi connectivity index (χ0n) is 12.4. The zero-order valence-corrected chi connectivity index (χ0v) is 12.4. The lowest BCUT2D eigenvalue weighted by atomic mass is 9.93. The number of carbonyl (C=O) groups excluding carboxylic acids is 1. The van der Waals surface area contributed by atoms with Crippen molar-refractivity contribution >= 4 is 11.7 Å². The van der Waals surface area contributed by atoms with Gasteiger partial charge in [0.1, 0.15) is 0 Å². The van der Waals surface area contributed by atoms with Gasteiger partial charge in [-0.05, 0) is 24.1 Å². The Bertz CT molecular complexity index is 668. The minimum atomic E-state index is -0.157. The van der Waals surface area contributed by atoms with Gasteiger partial charge in [0.2, 0.25) is 0 Å². The van der Waals surface area contributed by atoms with Crippen LogP contribution in [0.15, 0.2) is 65.8 Å². The molecule has 1 N–H and O–H groups in total. The van der Waals surface area contributed by atoms with Gasteiger partial charge in [0.05, 0.1) is 5.92 Å². The Hall–Kier alpha value is -2.62. The van der Waals surface area contributed by atoms with Crippen molar-refractivity contribution in [1.82, 2.24) is 5.32 Å². The van der Waals surface area contributed by atoms with Gasteiger partial charge in [-0.3, -0.25) is 4.79 Å². The largest absolute Gasteiger partial charge is 0.385 e. The van der Waals surface area contributed by atoms with Crippen molar-refractivity contribution < 1.29 is 9.63 Å². The van der Waals surface area contributed by atoms with Crippen molar-refractivity contribution in [2.75, 3.05) is 0 Å². The van der Waals surface area contributed by atoms with E-state index >= 15 is 0 Å². The van der Waals surface area contributed by atoms with Crippen LogP contribution in [0.2, 0.25) is 0 Å². The molecule has 22 heavy (non-hydrogen) atoms. The Morgan fingerprint density at radius 3 is 2.36 bits per heavy atom. The third-order valence-electron chi connectivity index (χ3n) is 3.83. The third-order valence-corrected chi connectivity index (χ3v) is 3.83. The number of hydrogen-bond donors (Lipinski definition) is 1. The van der Waals surface area contributed by atoms with Crippen LogP contribution in [0.1, 0.15) is 35.4 Å². The molecule has 0 spiro atoms. The van der Waals surface area contributed by atoms with Gasteiger partial charge in [-0.25, -0.2) is 0 Å². The molecule has 0 aromatic heterocycles. The molecule has 1 aliphatic rings. The number of amidine groups is 1. The van der Waals surface area contributed by atoms with Gasteiger partial charge < -0.3 is 10.2 Å². The molecule has 2 aromatic rings. The number of rotatable bonds is 3. The minimum absolute atomic E-state index is 0.0510. The molecule has 112 valence electrons. The summed E-state index contributed by atoms with van der Waals surface area (Å²) in [5.41, 5.74) is 1.69. The van der Waals surface area contributed by atoms with E-state index in [4.69, 9.17) is 4.84 Å². The average molecular weight is 294 g/mol. The third kappa shape index (κ3) is 2.86. The average Bonchev–Trinajstić information content (AvgIpc) is 2.99. The van der Waals surface area contributed by atoms with Crippen LogP contribution in [0, 0.1) is 5.92 Å². The summed E-state index contributed by atoms with van der Waals surface area (Å²) in [4.78, 5) is 17.8. The summed E-state index contributed by atoms with van der Waals surface area (Å²) < 4.78 is 0. The summed E-state index contributed by atoms with van der Waals surface area (Å²) >= 11 is 0. The zero-order chi connectivity index (χ0) is 15.4. The highest BCUT2D eigenvalue weighted by atomic mass is 16.6. The highest BCUT2D eigenvalue weighted by Gasteiger charge is 2.35. The molecule has 1 heterocycles. The molecule has 0 saturated carbocycles. The summed E-state index contributed by atoms with van der Waals surface area (Å²) in [6.45, 7) is 2.07. The lowest BCUT2D eigenvalue weighted by Crippen LogP contribution is -2.35. The first-order valence-corrected chi connectivity index (χ1v) is 7.44. The number of amides is 1. The number of nitrogens with one attached hydrogen (secondary N) is 1. The maximum absolute atomic E-state index is 12.3. The number of benzene rings is 2. The van der Waals surface area contributed by atoms with E-state index in [1.54, 1.807) is 12.1 Å². The van der Waals surface area contributed by atoms with Crippen LogP contribution in [0.25, 0.3) is 0 Å². The van der Waals surface area contributed by atoms with Crippen LogP contribution in [0.3, 0.4) is 0 Å². The molecule has 2 aromatic carbocycles. The number of hydrogen-bond acceptors (Lipinski definition) is 3.